The first-order chi connectivity index (χ1) is 9.81. The van der Waals surface area contributed by atoms with Crippen LogP contribution in [0.1, 0.15) is 31.1 Å². The number of aliphatic hydroxyl groups is 1. The number of nitro groups is 1. The first kappa shape index (κ1) is 17.1. The third-order valence-electron chi connectivity index (χ3n) is 2.61. The molecule has 0 aliphatic heterocycles. The monoisotopic (exact) mass is 297 g/mol. The van der Waals surface area contributed by atoms with Gasteiger partial charge >= 0.3 is 0 Å². The minimum Gasteiger partial charge on any atom is -0.490 e. The van der Waals surface area contributed by atoms with Crippen molar-refractivity contribution in [3.8, 4) is 5.75 Å². The molecule has 0 saturated carbocycles. The van der Waals surface area contributed by atoms with Crippen LogP contribution in [-0.2, 0) is 4.74 Å². The van der Waals surface area contributed by atoms with Crippen molar-refractivity contribution in [3.63, 3.8) is 0 Å². The molecule has 21 heavy (non-hydrogen) atoms. The Bertz CT molecular complexity index is 514. The van der Waals surface area contributed by atoms with Crippen LogP contribution in [-0.4, -0.2) is 41.2 Å². The number of nitro benzene ring substituents is 1. The molecule has 1 aromatic rings. The van der Waals surface area contributed by atoms with Crippen LogP contribution < -0.4 is 4.74 Å². The maximum atomic E-state index is 11.5. The van der Waals surface area contributed by atoms with Crippen LogP contribution in [0.25, 0.3) is 0 Å². The number of non-ortho nitro benzene ring substituents is 1. The second kappa shape index (κ2) is 7.70. The van der Waals surface area contributed by atoms with E-state index in [0.717, 1.165) is 6.07 Å². The summed E-state index contributed by atoms with van der Waals surface area (Å²) in [5.74, 6) is -0.140. The summed E-state index contributed by atoms with van der Waals surface area (Å²) >= 11 is 0. The molecule has 0 aromatic heterocycles. The Morgan fingerprint density at radius 1 is 1.38 bits per heavy atom. The number of carbonyl (C=O) groups is 1. The number of hydrogen-bond donors (Lipinski definition) is 1. The Labute approximate surface area is 122 Å². The van der Waals surface area contributed by atoms with Gasteiger partial charge in [0.05, 0.1) is 23.2 Å². The lowest BCUT2D eigenvalue weighted by molar-refractivity contribution is -0.384. The highest BCUT2D eigenvalue weighted by molar-refractivity contribution is 5.97. The highest BCUT2D eigenvalue weighted by Gasteiger charge is 2.16. The molecule has 0 aliphatic rings. The summed E-state index contributed by atoms with van der Waals surface area (Å²) in [4.78, 5) is 21.6. The molecule has 7 heteroatoms. The van der Waals surface area contributed by atoms with Crippen LogP contribution in [0, 0.1) is 10.1 Å². The second-order valence-electron chi connectivity index (χ2n) is 4.84. The summed E-state index contributed by atoms with van der Waals surface area (Å²) in [7, 11) is 0. The number of rotatable bonds is 8. The van der Waals surface area contributed by atoms with Crippen LogP contribution in [0.5, 0.6) is 5.75 Å². The van der Waals surface area contributed by atoms with Crippen molar-refractivity contribution >= 4 is 11.5 Å². The van der Waals surface area contributed by atoms with Gasteiger partial charge in [-0.3, -0.25) is 14.9 Å². The van der Waals surface area contributed by atoms with Crippen LogP contribution in [0.2, 0.25) is 0 Å². The van der Waals surface area contributed by atoms with Gasteiger partial charge in [-0.05, 0) is 26.8 Å². The van der Waals surface area contributed by atoms with Gasteiger partial charge in [0.25, 0.3) is 5.69 Å². The first-order valence-corrected chi connectivity index (χ1v) is 6.53. The quantitative estimate of drug-likeness (QED) is 0.447. The van der Waals surface area contributed by atoms with Crippen molar-refractivity contribution in [1.29, 1.82) is 0 Å². The van der Waals surface area contributed by atoms with Crippen molar-refractivity contribution in [2.45, 2.75) is 33.0 Å². The summed E-state index contributed by atoms with van der Waals surface area (Å²) in [5, 5.41) is 20.4. The molecule has 1 N–H and O–H groups in total. The smallest absolute Gasteiger partial charge is 0.270 e. The van der Waals surface area contributed by atoms with E-state index >= 15 is 0 Å². The van der Waals surface area contributed by atoms with E-state index in [-0.39, 0.29) is 42.1 Å². The molecule has 0 amide bonds. The minimum atomic E-state index is -0.845. The SMILES string of the molecule is CC(=O)c1cc([N+](=O)[O-])ccc1OCC(O)COC(C)C. The van der Waals surface area contributed by atoms with Gasteiger partial charge in [-0.15, -0.1) is 0 Å². The van der Waals surface area contributed by atoms with Crippen LogP contribution >= 0.6 is 0 Å². The molecule has 1 atom stereocenters. The molecule has 116 valence electrons. The highest BCUT2D eigenvalue weighted by atomic mass is 16.6. The second-order valence-corrected chi connectivity index (χ2v) is 4.84. The lowest BCUT2D eigenvalue weighted by atomic mass is 10.1. The maximum absolute atomic E-state index is 11.5. The Balaban J connectivity index is 2.74. The molecule has 7 nitrogen and oxygen atoms in total. The molecule has 0 bridgehead atoms. The number of benzene rings is 1. The van der Waals surface area contributed by atoms with Gasteiger partial charge in [-0.2, -0.15) is 0 Å². The molecular formula is C14H19NO6. The van der Waals surface area contributed by atoms with Gasteiger partial charge in [0.2, 0.25) is 0 Å². The summed E-state index contributed by atoms with van der Waals surface area (Å²) in [6, 6.07) is 3.76. The summed E-state index contributed by atoms with van der Waals surface area (Å²) in [6.07, 6.45) is -0.853. The average Bonchev–Trinajstić information content (AvgIpc) is 2.42. The predicted octanol–water partition coefficient (Wildman–Crippen LogP) is 1.96. The van der Waals surface area contributed by atoms with Gasteiger partial charge in [-0.25, -0.2) is 0 Å². The number of ketones is 1. The molecular weight excluding hydrogens is 278 g/mol. The molecule has 1 aromatic carbocycles. The third-order valence-corrected chi connectivity index (χ3v) is 2.61. The summed E-state index contributed by atoms with van der Waals surface area (Å²) < 4.78 is 10.6. The van der Waals surface area contributed by atoms with Crippen LogP contribution in [0.4, 0.5) is 5.69 Å². The van der Waals surface area contributed by atoms with Crippen molar-refractivity contribution in [1.82, 2.24) is 0 Å². The Hall–Kier alpha value is -1.99. The Kier molecular flexibility index (Phi) is 6.26. The Morgan fingerprint density at radius 2 is 2.05 bits per heavy atom. The molecule has 0 spiro atoms. The third kappa shape index (κ3) is 5.49. The highest BCUT2D eigenvalue weighted by Crippen LogP contribution is 2.24. The average molecular weight is 297 g/mol. The molecule has 0 fully saturated rings. The topological polar surface area (TPSA) is 98.9 Å². The van der Waals surface area contributed by atoms with Crippen molar-refractivity contribution in [2.24, 2.45) is 0 Å². The fourth-order valence-electron chi connectivity index (χ4n) is 1.57. The van der Waals surface area contributed by atoms with E-state index in [4.69, 9.17) is 9.47 Å². The van der Waals surface area contributed by atoms with Crippen LogP contribution in [0.15, 0.2) is 18.2 Å². The Morgan fingerprint density at radius 3 is 2.57 bits per heavy atom. The molecule has 0 heterocycles. The van der Waals surface area contributed by atoms with Crippen molar-refractivity contribution in [3.05, 3.63) is 33.9 Å². The van der Waals surface area contributed by atoms with Gasteiger partial charge < -0.3 is 14.6 Å². The fraction of sp³-hybridized carbons (Fsp3) is 0.500. The van der Waals surface area contributed by atoms with Gasteiger partial charge in [0.15, 0.2) is 5.78 Å². The number of nitrogens with zero attached hydrogens (tertiary/aromatic N) is 1. The van der Waals surface area contributed by atoms with E-state index in [1.807, 2.05) is 13.8 Å². The number of carbonyl (C=O) groups excluding carboxylic acids is 1. The lowest BCUT2D eigenvalue weighted by Gasteiger charge is -2.15. The van der Waals surface area contributed by atoms with Gasteiger partial charge in [0.1, 0.15) is 18.5 Å². The minimum absolute atomic E-state index is 0.00759. The summed E-state index contributed by atoms with van der Waals surface area (Å²) in [6.45, 7) is 5.03. The van der Waals surface area contributed by atoms with E-state index in [1.54, 1.807) is 0 Å². The molecule has 0 aliphatic carbocycles. The number of ether oxygens (including phenoxy) is 2. The van der Waals surface area contributed by atoms with E-state index < -0.39 is 11.0 Å². The zero-order valence-electron chi connectivity index (χ0n) is 12.2. The molecule has 1 unspecified atom stereocenters. The van der Waals surface area contributed by atoms with E-state index in [9.17, 15) is 20.0 Å². The maximum Gasteiger partial charge on any atom is 0.270 e. The van der Waals surface area contributed by atoms with Crippen molar-refractivity contribution < 1.29 is 24.3 Å². The van der Waals surface area contributed by atoms with Gasteiger partial charge in [-0.1, -0.05) is 0 Å². The van der Waals surface area contributed by atoms with Crippen molar-refractivity contribution in [2.75, 3.05) is 13.2 Å². The zero-order chi connectivity index (χ0) is 16.0. The number of aliphatic hydroxyl groups excluding tert-OH is 1. The predicted molar refractivity (Wildman–Crippen MR) is 75.7 cm³/mol. The normalized spacial score (nSPS) is 12.2. The fourth-order valence-corrected chi connectivity index (χ4v) is 1.57. The van der Waals surface area contributed by atoms with Gasteiger partial charge in [0, 0.05) is 12.1 Å². The lowest BCUT2D eigenvalue weighted by Crippen LogP contribution is -2.25. The summed E-state index contributed by atoms with van der Waals surface area (Å²) in [5.41, 5.74) is -0.0718. The first-order valence-electron chi connectivity index (χ1n) is 6.53. The van der Waals surface area contributed by atoms with Crippen LogP contribution in [0.3, 0.4) is 0 Å². The molecule has 0 radical (unpaired) electrons. The van der Waals surface area contributed by atoms with E-state index in [0.29, 0.717) is 0 Å². The van der Waals surface area contributed by atoms with E-state index in [2.05, 4.69) is 0 Å². The standard InChI is InChI=1S/C14H19NO6/c1-9(2)20-7-12(17)8-21-14-5-4-11(15(18)19)6-13(14)10(3)16/h4-6,9,12,17H,7-8H2,1-3H3. The largest absolute Gasteiger partial charge is 0.490 e. The number of hydrogen-bond acceptors (Lipinski definition) is 6. The molecule has 1 rings (SSSR count). The number of Topliss-reactive ketones (excluding diaryl/α,β-unsaturated/α-hetero) is 1. The zero-order valence-corrected chi connectivity index (χ0v) is 12.2. The van der Waals surface area contributed by atoms with E-state index in [1.165, 1.54) is 19.1 Å². The molecule has 0 saturated heterocycles.